The van der Waals surface area contributed by atoms with Gasteiger partial charge in [0.2, 0.25) is 0 Å². The van der Waals surface area contributed by atoms with Crippen molar-refractivity contribution in [3.8, 4) is 28.4 Å². The highest BCUT2D eigenvalue weighted by Crippen LogP contribution is 2.47. The molecular weight excluding hydrogens is 665 g/mol. The van der Waals surface area contributed by atoms with Crippen molar-refractivity contribution in [2.45, 2.75) is 26.2 Å². The summed E-state index contributed by atoms with van der Waals surface area (Å²) in [5.74, 6) is 2.30. The van der Waals surface area contributed by atoms with Gasteiger partial charge in [0.15, 0.2) is 5.58 Å². The first-order chi connectivity index (χ1) is 26.4. The van der Waals surface area contributed by atoms with E-state index in [0.717, 1.165) is 72.8 Å². The lowest BCUT2D eigenvalue weighted by Crippen LogP contribution is -2.26. The van der Waals surface area contributed by atoms with Gasteiger partial charge in [-0.2, -0.15) is 0 Å². The van der Waals surface area contributed by atoms with E-state index in [0.29, 0.717) is 6.67 Å². The lowest BCUT2D eigenvalue weighted by Gasteiger charge is -2.29. The molecule has 9 aromatic rings. The third-order valence-electron chi connectivity index (χ3n) is 10.4. The largest absolute Gasteiger partial charge is 0.457 e. The third kappa shape index (κ3) is 5.29. The molecule has 4 heterocycles. The zero-order valence-electron chi connectivity index (χ0n) is 30.4. The number of aromatic nitrogens is 2. The van der Waals surface area contributed by atoms with Crippen molar-refractivity contribution in [1.82, 2.24) is 9.55 Å². The number of fused-ring (bicyclic) bond motifs is 6. The predicted molar refractivity (Wildman–Crippen MR) is 221 cm³/mol. The number of hydrogen-bond donors (Lipinski definition) is 0. The molecule has 6 heteroatoms. The Balaban J connectivity index is 1.04. The summed E-state index contributed by atoms with van der Waals surface area (Å²) in [7, 11) is 0. The van der Waals surface area contributed by atoms with Crippen molar-refractivity contribution in [1.29, 1.82) is 0 Å². The molecule has 6 aromatic carbocycles. The average molecular weight is 703 g/mol. The lowest BCUT2D eigenvalue weighted by molar-refractivity contribution is 0.483. The molecule has 262 valence electrons. The molecule has 0 N–H and O–H groups in total. The predicted octanol–water partition coefficient (Wildman–Crippen LogP) is 12.9. The fraction of sp³-hybridized carbons (Fsp3) is 0.104. The standard InChI is InChI=1S/C48H38N4O2/c1-48(2,3)39-19-8-9-20-40(39)51-31-50(41-21-10-11-22-42(41)51)34-16-13-17-35(29-34)53-36-24-25-37-43(30-36)52(46-38-18-7-12-23-44(38)54-47(37)46)45-28-33(26-27-49-45)32-14-5-4-6-15-32/h4-30H,31H2,1-3H3. The Bertz CT molecular complexity index is 2850. The first-order valence-electron chi connectivity index (χ1n) is 18.4. The minimum atomic E-state index is 0.00405. The summed E-state index contributed by atoms with van der Waals surface area (Å²) in [6.45, 7) is 7.52. The van der Waals surface area contributed by atoms with Crippen LogP contribution < -0.4 is 14.5 Å². The van der Waals surface area contributed by atoms with Crippen LogP contribution in [0, 0.1) is 0 Å². The highest BCUT2D eigenvalue weighted by molar-refractivity contribution is 6.16. The van der Waals surface area contributed by atoms with Gasteiger partial charge in [0.25, 0.3) is 0 Å². The number of para-hydroxylation sites is 4. The van der Waals surface area contributed by atoms with Crippen LogP contribution in [0.25, 0.3) is 49.9 Å². The van der Waals surface area contributed by atoms with E-state index < -0.39 is 0 Å². The van der Waals surface area contributed by atoms with Crippen LogP contribution in [0.2, 0.25) is 0 Å². The van der Waals surface area contributed by atoms with Gasteiger partial charge in [0.1, 0.15) is 35.1 Å². The summed E-state index contributed by atoms with van der Waals surface area (Å²) in [5.41, 5.74) is 11.8. The van der Waals surface area contributed by atoms with Crippen LogP contribution in [0.4, 0.5) is 22.7 Å². The molecule has 0 saturated carbocycles. The summed E-state index contributed by atoms with van der Waals surface area (Å²) in [6, 6.07) is 54.8. The number of hydrogen-bond acceptors (Lipinski definition) is 5. The molecule has 6 nitrogen and oxygen atoms in total. The first-order valence-corrected chi connectivity index (χ1v) is 18.4. The Labute approximate surface area is 314 Å². The van der Waals surface area contributed by atoms with E-state index in [2.05, 4.69) is 163 Å². The van der Waals surface area contributed by atoms with Crippen LogP contribution in [0.1, 0.15) is 26.3 Å². The second-order valence-electron chi connectivity index (χ2n) is 14.9. The smallest absolute Gasteiger partial charge is 0.161 e. The Morgan fingerprint density at radius 1 is 0.593 bits per heavy atom. The van der Waals surface area contributed by atoms with Crippen LogP contribution in [-0.4, -0.2) is 16.2 Å². The van der Waals surface area contributed by atoms with Crippen LogP contribution in [0.3, 0.4) is 0 Å². The van der Waals surface area contributed by atoms with Gasteiger partial charge in [0, 0.05) is 40.5 Å². The average Bonchev–Trinajstić information content (AvgIpc) is 3.87. The molecule has 0 bridgehead atoms. The van der Waals surface area contributed by atoms with Crippen LogP contribution >= 0.6 is 0 Å². The molecular formula is C48H38N4O2. The van der Waals surface area contributed by atoms with E-state index in [1.54, 1.807) is 0 Å². The highest BCUT2D eigenvalue weighted by atomic mass is 16.5. The maximum atomic E-state index is 6.69. The van der Waals surface area contributed by atoms with Gasteiger partial charge in [-0.25, -0.2) is 4.98 Å². The molecule has 0 atom stereocenters. The van der Waals surface area contributed by atoms with Crippen LogP contribution in [0.15, 0.2) is 168 Å². The summed E-state index contributed by atoms with van der Waals surface area (Å²) >= 11 is 0. The number of ether oxygens (including phenoxy) is 1. The number of furan rings is 1. The van der Waals surface area contributed by atoms with E-state index >= 15 is 0 Å². The minimum Gasteiger partial charge on any atom is -0.457 e. The van der Waals surface area contributed by atoms with E-state index in [4.69, 9.17) is 14.1 Å². The molecule has 0 spiro atoms. The Morgan fingerprint density at radius 3 is 2.15 bits per heavy atom. The summed E-state index contributed by atoms with van der Waals surface area (Å²) < 4.78 is 15.4. The molecule has 0 unspecified atom stereocenters. The zero-order valence-corrected chi connectivity index (χ0v) is 30.4. The maximum Gasteiger partial charge on any atom is 0.161 e. The quantitative estimate of drug-likeness (QED) is 0.173. The molecule has 0 saturated heterocycles. The van der Waals surface area contributed by atoms with E-state index in [1.807, 2.05) is 36.5 Å². The van der Waals surface area contributed by atoms with Crippen LogP contribution in [-0.2, 0) is 5.41 Å². The normalized spacial score (nSPS) is 12.9. The molecule has 54 heavy (non-hydrogen) atoms. The fourth-order valence-electron chi connectivity index (χ4n) is 7.93. The van der Waals surface area contributed by atoms with Crippen molar-refractivity contribution in [2.24, 2.45) is 0 Å². The third-order valence-corrected chi connectivity index (χ3v) is 10.4. The summed E-state index contributed by atoms with van der Waals surface area (Å²) in [6.07, 6.45) is 1.88. The number of nitrogens with zero attached hydrogens (tertiary/aromatic N) is 4. The van der Waals surface area contributed by atoms with Crippen molar-refractivity contribution in [2.75, 3.05) is 16.5 Å². The Hall–Kier alpha value is -6.79. The molecule has 1 aliphatic rings. The zero-order chi connectivity index (χ0) is 36.4. The second kappa shape index (κ2) is 12.4. The maximum absolute atomic E-state index is 6.69. The molecule has 10 rings (SSSR count). The van der Waals surface area contributed by atoms with Crippen molar-refractivity contribution < 1.29 is 9.15 Å². The van der Waals surface area contributed by atoms with Gasteiger partial charge in [-0.1, -0.05) is 99.6 Å². The van der Waals surface area contributed by atoms with E-state index in [9.17, 15) is 0 Å². The van der Waals surface area contributed by atoms with Gasteiger partial charge in [-0.15, -0.1) is 0 Å². The van der Waals surface area contributed by atoms with Crippen LogP contribution in [0.5, 0.6) is 11.5 Å². The minimum absolute atomic E-state index is 0.00405. The van der Waals surface area contributed by atoms with E-state index in [1.165, 1.54) is 16.9 Å². The Morgan fingerprint density at radius 2 is 1.31 bits per heavy atom. The molecule has 1 aliphatic heterocycles. The number of anilines is 4. The highest BCUT2D eigenvalue weighted by Gasteiger charge is 2.31. The number of pyridine rings is 1. The summed E-state index contributed by atoms with van der Waals surface area (Å²) in [5, 5.41) is 2.04. The number of rotatable bonds is 6. The Kier molecular flexibility index (Phi) is 7.34. The van der Waals surface area contributed by atoms with Crippen molar-refractivity contribution in [3.63, 3.8) is 0 Å². The molecule has 0 amide bonds. The fourth-order valence-corrected chi connectivity index (χ4v) is 7.93. The van der Waals surface area contributed by atoms with Crippen molar-refractivity contribution in [3.05, 3.63) is 169 Å². The molecule has 0 aliphatic carbocycles. The number of benzene rings is 6. The second-order valence-corrected chi connectivity index (χ2v) is 14.9. The van der Waals surface area contributed by atoms with E-state index in [-0.39, 0.29) is 5.41 Å². The van der Waals surface area contributed by atoms with Gasteiger partial charge in [-0.05, 0) is 88.8 Å². The first kappa shape index (κ1) is 31.9. The molecule has 0 fully saturated rings. The van der Waals surface area contributed by atoms with Gasteiger partial charge >= 0.3 is 0 Å². The molecule has 0 radical (unpaired) electrons. The lowest BCUT2D eigenvalue weighted by atomic mass is 9.85. The van der Waals surface area contributed by atoms with Crippen molar-refractivity contribution >= 4 is 55.7 Å². The monoisotopic (exact) mass is 702 g/mol. The topological polar surface area (TPSA) is 46.7 Å². The SMILES string of the molecule is CC(C)(C)c1ccccc1N1CN(c2cccc(Oc3ccc4c5oc6ccccc6c5n(-c5cc(-c6ccccc6)ccn5)c4c3)c2)c2ccccc21. The van der Waals surface area contributed by atoms with Gasteiger partial charge in [-0.3, -0.25) is 4.57 Å². The van der Waals surface area contributed by atoms with Gasteiger partial charge in [0.05, 0.1) is 16.9 Å². The molecule has 3 aromatic heterocycles. The van der Waals surface area contributed by atoms with Gasteiger partial charge < -0.3 is 19.0 Å². The summed E-state index contributed by atoms with van der Waals surface area (Å²) in [4.78, 5) is 9.68.